The van der Waals surface area contributed by atoms with Gasteiger partial charge >= 0.3 is 0 Å². The Hall–Kier alpha value is -2.43. The number of anilines is 3. The molecule has 1 aliphatic rings. The standard InChI is InChI=1S/C11H7N3O2/c15-14(16)9-1-2-10-11(7-9)13(10)8-3-5-12-6-4-8/h1-7H. The summed E-state index contributed by atoms with van der Waals surface area (Å²) in [6, 6.07) is 8.58. The van der Waals surface area contributed by atoms with E-state index >= 15 is 0 Å². The number of hydrogen-bond acceptors (Lipinski definition) is 4. The molecule has 3 rings (SSSR count). The molecule has 16 heavy (non-hydrogen) atoms. The van der Waals surface area contributed by atoms with Crippen LogP contribution >= 0.6 is 0 Å². The first-order valence-electron chi connectivity index (χ1n) is 4.76. The lowest BCUT2D eigenvalue weighted by atomic mass is 10.3. The summed E-state index contributed by atoms with van der Waals surface area (Å²) in [6.45, 7) is 0. The summed E-state index contributed by atoms with van der Waals surface area (Å²) in [5.41, 5.74) is 3.00. The maximum Gasteiger partial charge on any atom is 0.271 e. The van der Waals surface area contributed by atoms with Crippen LogP contribution < -0.4 is 4.90 Å². The van der Waals surface area contributed by atoms with Gasteiger partial charge in [-0.25, -0.2) is 0 Å². The van der Waals surface area contributed by atoms with Crippen molar-refractivity contribution in [2.45, 2.75) is 0 Å². The van der Waals surface area contributed by atoms with Crippen LogP contribution in [-0.2, 0) is 0 Å². The molecule has 0 N–H and O–H groups in total. The molecule has 2 heterocycles. The van der Waals surface area contributed by atoms with Crippen molar-refractivity contribution >= 4 is 22.7 Å². The average molecular weight is 213 g/mol. The lowest BCUT2D eigenvalue weighted by Gasteiger charge is -2.00. The molecule has 0 fully saturated rings. The quantitative estimate of drug-likeness (QED) is 0.373. The van der Waals surface area contributed by atoms with Crippen molar-refractivity contribution in [1.29, 1.82) is 0 Å². The maximum atomic E-state index is 10.6. The van der Waals surface area contributed by atoms with Crippen LogP contribution in [0.2, 0.25) is 0 Å². The van der Waals surface area contributed by atoms with Crippen LogP contribution in [0, 0.1) is 10.1 Å². The average Bonchev–Trinajstić information content (AvgIpc) is 3.03. The van der Waals surface area contributed by atoms with E-state index in [0.717, 1.165) is 17.1 Å². The summed E-state index contributed by atoms with van der Waals surface area (Å²) in [5, 5.41) is 10.6. The fourth-order valence-corrected chi connectivity index (χ4v) is 1.73. The summed E-state index contributed by atoms with van der Waals surface area (Å²) in [5.74, 6) is 0. The van der Waals surface area contributed by atoms with Crippen LogP contribution in [0.1, 0.15) is 0 Å². The summed E-state index contributed by atoms with van der Waals surface area (Å²) < 4.78 is 0. The second kappa shape index (κ2) is 3.03. The van der Waals surface area contributed by atoms with Gasteiger partial charge in [-0.2, -0.15) is 0 Å². The van der Waals surface area contributed by atoms with Crippen molar-refractivity contribution in [2.75, 3.05) is 4.90 Å². The largest absolute Gasteiger partial charge is 0.306 e. The molecule has 0 spiro atoms. The smallest absolute Gasteiger partial charge is 0.271 e. The van der Waals surface area contributed by atoms with Crippen LogP contribution in [0.15, 0.2) is 42.7 Å². The Balaban J connectivity index is 1.97. The lowest BCUT2D eigenvalue weighted by molar-refractivity contribution is -0.384. The number of nitrogens with zero attached hydrogens (tertiary/aromatic N) is 3. The van der Waals surface area contributed by atoms with Crippen molar-refractivity contribution < 1.29 is 4.92 Å². The molecule has 0 bridgehead atoms. The SMILES string of the molecule is O=[N+]([O-])c1ccc2c(c1)N2c1ccncc1. The molecule has 1 aromatic carbocycles. The van der Waals surface area contributed by atoms with E-state index in [4.69, 9.17) is 0 Å². The van der Waals surface area contributed by atoms with Crippen molar-refractivity contribution in [3.63, 3.8) is 0 Å². The number of pyridine rings is 1. The molecule has 5 nitrogen and oxygen atoms in total. The third kappa shape index (κ3) is 1.22. The second-order valence-electron chi connectivity index (χ2n) is 3.47. The van der Waals surface area contributed by atoms with E-state index in [9.17, 15) is 10.1 Å². The summed E-state index contributed by atoms with van der Waals surface area (Å²) in [4.78, 5) is 16.1. The van der Waals surface area contributed by atoms with Crippen LogP contribution in [0.5, 0.6) is 0 Å². The van der Waals surface area contributed by atoms with Crippen molar-refractivity contribution in [1.82, 2.24) is 4.98 Å². The van der Waals surface area contributed by atoms with Gasteiger partial charge in [0.25, 0.3) is 5.69 Å². The van der Waals surface area contributed by atoms with Gasteiger partial charge in [-0.15, -0.1) is 0 Å². The number of fused-ring (bicyclic) bond motifs is 1. The molecule has 1 aromatic heterocycles. The predicted octanol–water partition coefficient (Wildman–Crippen LogP) is 2.77. The van der Waals surface area contributed by atoms with E-state index in [1.807, 2.05) is 17.0 Å². The molecule has 5 heteroatoms. The molecular weight excluding hydrogens is 206 g/mol. The first-order valence-corrected chi connectivity index (χ1v) is 4.76. The first kappa shape index (κ1) is 8.84. The van der Waals surface area contributed by atoms with E-state index in [1.54, 1.807) is 24.5 Å². The third-order valence-electron chi connectivity index (χ3n) is 2.52. The van der Waals surface area contributed by atoms with Gasteiger partial charge in [0.1, 0.15) is 0 Å². The third-order valence-corrected chi connectivity index (χ3v) is 2.52. The van der Waals surface area contributed by atoms with Gasteiger partial charge in [-0.1, -0.05) is 0 Å². The molecular formula is C11H7N3O2. The van der Waals surface area contributed by atoms with Gasteiger partial charge in [0.2, 0.25) is 0 Å². The fraction of sp³-hybridized carbons (Fsp3) is 0. The number of hydrogen-bond donors (Lipinski definition) is 0. The second-order valence-corrected chi connectivity index (χ2v) is 3.47. The van der Waals surface area contributed by atoms with Gasteiger partial charge in [0, 0.05) is 30.2 Å². The molecule has 0 radical (unpaired) electrons. The van der Waals surface area contributed by atoms with Crippen LogP contribution in [0.4, 0.5) is 22.7 Å². The first-order chi connectivity index (χ1) is 7.77. The Labute approximate surface area is 91.1 Å². The maximum absolute atomic E-state index is 10.6. The predicted molar refractivity (Wildman–Crippen MR) is 59.1 cm³/mol. The minimum absolute atomic E-state index is 0.121. The number of nitro groups is 1. The minimum Gasteiger partial charge on any atom is -0.306 e. The number of benzene rings is 1. The molecule has 2 aromatic rings. The number of aromatic nitrogens is 1. The highest BCUT2D eigenvalue weighted by molar-refractivity contribution is 6.01. The van der Waals surface area contributed by atoms with Crippen LogP contribution in [0.3, 0.4) is 0 Å². The molecule has 0 amide bonds. The molecule has 0 unspecified atom stereocenters. The van der Waals surface area contributed by atoms with E-state index < -0.39 is 0 Å². The molecule has 0 saturated heterocycles. The highest BCUT2D eigenvalue weighted by Gasteiger charge is 2.32. The monoisotopic (exact) mass is 213 g/mol. The molecule has 1 aliphatic heterocycles. The van der Waals surface area contributed by atoms with Gasteiger partial charge in [0.15, 0.2) is 0 Å². The highest BCUT2D eigenvalue weighted by atomic mass is 16.6. The Morgan fingerprint density at radius 2 is 1.88 bits per heavy atom. The fourth-order valence-electron chi connectivity index (χ4n) is 1.73. The topological polar surface area (TPSA) is 59.0 Å². The zero-order chi connectivity index (χ0) is 11.1. The van der Waals surface area contributed by atoms with Crippen LogP contribution in [0.25, 0.3) is 0 Å². The molecule has 0 aliphatic carbocycles. The zero-order valence-corrected chi connectivity index (χ0v) is 8.20. The number of rotatable bonds is 2. The Kier molecular flexibility index (Phi) is 1.67. The number of nitro benzene ring substituents is 1. The van der Waals surface area contributed by atoms with Crippen molar-refractivity contribution in [2.24, 2.45) is 0 Å². The summed E-state index contributed by atoms with van der Waals surface area (Å²) in [6.07, 6.45) is 3.39. The molecule has 0 atom stereocenters. The number of non-ortho nitro benzene ring substituents is 1. The van der Waals surface area contributed by atoms with E-state index in [1.165, 1.54) is 6.07 Å². The van der Waals surface area contributed by atoms with E-state index in [-0.39, 0.29) is 10.6 Å². The van der Waals surface area contributed by atoms with Crippen molar-refractivity contribution in [3.05, 3.63) is 52.8 Å². The van der Waals surface area contributed by atoms with E-state index in [2.05, 4.69) is 4.98 Å². The van der Waals surface area contributed by atoms with Gasteiger partial charge in [0.05, 0.1) is 16.3 Å². The zero-order valence-electron chi connectivity index (χ0n) is 8.20. The Morgan fingerprint density at radius 3 is 2.56 bits per heavy atom. The minimum atomic E-state index is -0.386. The highest BCUT2D eigenvalue weighted by Crippen LogP contribution is 2.54. The van der Waals surface area contributed by atoms with E-state index in [0.29, 0.717) is 0 Å². The summed E-state index contributed by atoms with van der Waals surface area (Å²) >= 11 is 0. The van der Waals surface area contributed by atoms with Crippen molar-refractivity contribution in [3.8, 4) is 0 Å². The van der Waals surface area contributed by atoms with Crippen LogP contribution in [-0.4, -0.2) is 9.91 Å². The van der Waals surface area contributed by atoms with Gasteiger partial charge in [-0.3, -0.25) is 15.1 Å². The van der Waals surface area contributed by atoms with Gasteiger partial charge < -0.3 is 4.90 Å². The Bertz CT molecular complexity index is 569. The molecule has 78 valence electrons. The van der Waals surface area contributed by atoms with Gasteiger partial charge in [-0.05, 0) is 18.2 Å². The lowest BCUT2D eigenvalue weighted by Crippen LogP contribution is -1.88. The summed E-state index contributed by atoms with van der Waals surface area (Å²) in [7, 11) is 0. The molecule has 0 saturated carbocycles. The normalized spacial score (nSPS) is 12.1. The Morgan fingerprint density at radius 1 is 1.12 bits per heavy atom.